The highest BCUT2D eigenvalue weighted by atomic mass is 32.2. The molecule has 0 aliphatic heterocycles. The molecular weight excluding hydrogens is 222 g/mol. The zero-order valence-electron chi connectivity index (χ0n) is 10.5. The van der Waals surface area contributed by atoms with Crippen LogP contribution < -0.4 is 5.73 Å². The molecule has 0 saturated heterocycles. The van der Waals surface area contributed by atoms with Crippen molar-refractivity contribution in [2.45, 2.75) is 39.5 Å². The molecule has 0 spiro atoms. The van der Waals surface area contributed by atoms with E-state index < -0.39 is 0 Å². The van der Waals surface area contributed by atoms with Crippen molar-refractivity contribution in [3.05, 3.63) is 0 Å². The third-order valence-corrected chi connectivity index (χ3v) is 3.48. The maximum atomic E-state index is 11.4. The molecule has 96 valence electrons. The summed E-state index contributed by atoms with van der Waals surface area (Å²) in [6, 6.07) is 0. The normalized spacial score (nSPS) is 12.4. The molecule has 2 N–H and O–H groups in total. The van der Waals surface area contributed by atoms with Gasteiger partial charge < -0.3 is 10.5 Å². The molecule has 0 aliphatic rings. The van der Waals surface area contributed by atoms with E-state index in [4.69, 9.17) is 10.5 Å². The van der Waals surface area contributed by atoms with Gasteiger partial charge in [0.05, 0.1) is 13.0 Å². The van der Waals surface area contributed by atoms with Crippen molar-refractivity contribution >= 4 is 17.7 Å². The van der Waals surface area contributed by atoms with E-state index in [9.17, 15) is 4.79 Å². The van der Waals surface area contributed by atoms with Gasteiger partial charge in [-0.2, -0.15) is 11.8 Å². The van der Waals surface area contributed by atoms with Crippen LogP contribution in [0, 0.1) is 5.92 Å². The molecule has 0 aliphatic carbocycles. The molecule has 0 aromatic heterocycles. The predicted octanol–water partition coefficient (Wildman–Crippen LogP) is 2.44. The first kappa shape index (κ1) is 15.8. The summed E-state index contributed by atoms with van der Waals surface area (Å²) in [5.74, 6) is 2.20. The Kier molecular flexibility index (Phi) is 11.1. The third-order valence-electron chi connectivity index (χ3n) is 2.47. The summed E-state index contributed by atoms with van der Waals surface area (Å²) in [5, 5.41) is 0. The summed E-state index contributed by atoms with van der Waals surface area (Å²) in [6.07, 6.45) is 3.89. The fraction of sp³-hybridized carbons (Fsp3) is 0.917. The molecule has 0 saturated carbocycles. The highest BCUT2D eigenvalue weighted by Crippen LogP contribution is 2.11. The number of rotatable bonds is 10. The van der Waals surface area contributed by atoms with Crippen molar-refractivity contribution in [2.75, 3.05) is 24.7 Å². The second-order valence-electron chi connectivity index (χ2n) is 3.90. The van der Waals surface area contributed by atoms with Gasteiger partial charge in [0, 0.05) is 18.1 Å². The number of esters is 1. The van der Waals surface area contributed by atoms with Crippen molar-refractivity contribution < 1.29 is 9.53 Å². The quantitative estimate of drug-likeness (QED) is 0.476. The highest BCUT2D eigenvalue weighted by Gasteiger charge is 2.09. The second kappa shape index (κ2) is 11.3. The van der Waals surface area contributed by atoms with E-state index >= 15 is 0 Å². The average Bonchev–Trinajstić information content (AvgIpc) is 2.30. The van der Waals surface area contributed by atoms with E-state index in [1.165, 1.54) is 0 Å². The number of ether oxygens (including phenoxy) is 1. The standard InChI is InChI=1S/C12H25NO2S/c1-3-5-11(4-2)10-15-12(14)6-8-16-9-7-13/h11H,3-10,13H2,1-2H3. The van der Waals surface area contributed by atoms with Crippen LogP contribution >= 0.6 is 11.8 Å². The topological polar surface area (TPSA) is 52.3 Å². The average molecular weight is 247 g/mol. The van der Waals surface area contributed by atoms with Crippen LogP contribution in [0.15, 0.2) is 0 Å². The molecule has 4 heteroatoms. The lowest BCUT2D eigenvalue weighted by Crippen LogP contribution is -2.14. The number of carbonyl (C=O) groups is 1. The molecule has 0 aromatic rings. The van der Waals surface area contributed by atoms with Crippen LogP contribution in [0.25, 0.3) is 0 Å². The first-order valence-corrected chi connectivity index (χ1v) is 7.33. The van der Waals surface area contributed by atoms with Crippen LogP contribution in [0.4, 0.5) is 0 Å². The van der Waals surface area contributed by atoms with E-state index in [0.29, 0.717) is 25.5 Å². The minimum atomic E-state index is -0.0703. The van der Waals surface area contributed by atoms with Gasteiger partial charge in [0.2, 0.25) is 0 Å². The first-order chi connectivity index (χ1) is 7.74. The molecule has 0 rings (SSSR count). The van der Waals surface area contributed by atoms with Gasteiger partial charge in [-0.05, 0) is 12.3 Å². The first-order valence-electron chi connectivity index (χ1n) is 6.18. The Bertz CT molecular complexity index is 176. The summed E-state index contributed by atoms with van der Waals surface area (Å²) < 4.78 is 5.24. The minimum Gasteiger partial charge on any atom is -0.465 e. The zero-order chi connectivity index (χ0) is 12.2. The zero-order valence-corrected chi connectivity index (χ0v) is 11.4. The Morgan fingerprint density at radius 3 is 2.69 bits per heavy atom. The lowest BCUT2D eigenvalue weighted by atomic mass is 10.0. The number of nitrogens with two attached hydrogens (primary N) is 1. The van der Waals surface area contributed by atoms with Crippen molar-refractivity contribution in [1.29, 1.82) is 0 Å². The molecule has 16 heavy (non-hydrogen) atoms. The Hall–Kier alpha value is -0.220. The summed E-state index contributed by atoms with van der Waals surface area (Å²) in [4.78, 5) is 11.4. The highest BCUT2D eigenvalue weighted by molar-refractivity contribution is 7.99. The summed E-state index contributed by atoms with van der Waals surface area (Å²) >= 11 is 1.71. The fourth-order valence-corrected chi connectivity index (χ4v) is 2.12. The molecule has 0 radical (unpaired) electrons. The molecule has 0 amide bonds. The molecule has 0 heterocycles. The molecular formula is C12H25NO2S. The van der Waals surface area contributed by atoms with E-state index in [2.05, 4.69) is 13.8 Å². The Morgan fingerprint density at radius 1 is 1.38 bits per heavy atom. The van der Waals surface area contributed by atoms with Gasteiger partial charge in [0.25, 0.3) is 0 Å². The second-order valence-corrected chi connectivity index (χ2v) is 5.12. The maximum Gasteiger partial charge on any atom is 0.306 e. The molecule has 1 unspecified atom stereocenters. The number of thioether (sulfide) groups is 1. The predicted molar refractivity (Wildman–Crippen MR) is 70.6 cm³/mol. The molecule has 3 nitrogen and oxygen atoms in total. The van der Waals surface area contributed by atoms with E-state index in [1.807, 2.05) is 0 Å². The van der Waals surface area contributed by atoms with Crippen molar-refractivity contribution in [3.63, 3.8) is 0 Å². The molecule has 1 atom stereocenters. The van der Waals surface area contributed by atoms with E-state index in [-0.39, 0.29) is 5.97 Å². The van der Waals surface area contributed by atoms with Crippen molar-refractivity contribution in [3.8, 4) is 0 Å². The van der Waals surface area contributed by atoms with Gasteiger partial charge in [-0.25, -0.2) is 0 Å². The van der Waals surface area contributed by atoms with Gasteiger partial charge >= 0.3 is 5.97 Å². The van der Waals surface area contributed by atoms with Gasteiger partial charge in [0.1, 0.15) is 0 Å². The minimum absolute atomic E-state index is 0.0703. The van der Waals surface area contributed by atoms with Gasteiger partial charge in [-0.3, -0.25) is 4.79 Å². The van der Waals surface area contributed by atoms with Crippen LogP contribution in [0.1, 0.15) is 39.5 Å². The van der Waals surface area contributed by atoms with Crippen LogP contribution in [0.2, 0.25) is 0 Å². The number of hydrogen-bond donors (Lipinski definition) is 1. The van der Waals surface area contributed by atoms with Crippen molar-refractivity contribution in [2.24, 2.45) is 11.7 Å². The van der Waals surface area contributed by atoms with Gasteiger partial charge in [-0.15, -0.1) is 0 Å². The summed E-state index contributed by atoms with van der Waals surface area (Å²) in [7, 11) is 0. The van der Waals surface area contributed by atoms with Crippen LogP contribution in [0.3, 0.4) is 0 Å². The molecule has 0 bridgehead atoms. The number of hydrogen-bond acceptors (Lipinski definition) is 4. The Morgan fingerprint density at radius 2 is 2.12 bits per heavy atom. The largest absolute Gasteiger partial charge is 0.465 e. The SMILES string of the molecule is CCCC(CC)COC(=O)CCSCCN. The fourth-order valence-electron chi connectivity index (χ4n) is 1.44. The van der Waals surface area contributed by atoms with E-state index in [0.717, 1.165) is 30.8 Å². The van der Waals surface area contributed by atoms with Crippen LogP contribution in [0.5, 0.6) is 0 Å². The smallest absolute Gasteiger partial charge is 0.306 e. The summed E-state index contributed by atoms with van der Waals surface area (Å²) in [5.41, 5.74) is 5.36. The summed E-state index contributed by atoms with van der Waals surface area (Å²) in [6.45, 7) is 5.57. The Balaban J connectivity index is 3.47. The maximum absolute atomic E-state index is 11.4. The van der Waals surface area contributed by atoms with Gasteiger partial charge in [-0.1, -0.05) is 26.7 Å². The Labute approximate surface area is 103 Å². The monoisotopic (exact) mass is 247 g/mol. The molecule has 0 fully saturated rings. The van der Waals surface area contributed by atoms with Crippen LogP contribution in [-0.4, -0.2) is 30.6 Å². The van der Waals surface area contributed by atoms with E-state index in [1.54, 1.807) is 11.8 Å². The lowest BCUT2D eigenvalue weighted by molar-refractivity contribution is -0.144. The van der Waals surface area contributed by atoms with Crippen LogP contribution in [-0.2, 0) is 9.53 Å². The molecule has 0 aromatic carbocycles. The lowest BCUT2D eigenvalue weighted by Gasteiger charge is -2.13. The number of carbonyl (C=O) groups excluding carboxylic acids is 1. The van der Waals surface area contributed by atoms with Crippen molar-refractivity contribution in [1.82, 2.24) is 0 Å². The third kappa shape index (κ3) is 9.04. The van der Waals surface area contributed by atoms with Gasteiger partial charge in [0.15, 0.2) is 0 Å².